The van der Waals surface area contributed by atoms with Gasteiger partial charge in [-0.3, -0.25) is 0 Å². The minimum absolute atomic E-state index is 0.891. The minimum Gasteiger partial charge on any atom is -0.382 e. The topological polar surface area (TPSA) is 9.23 Å². The second-order valence-corrected chi connectivity index (χ2v) is 14.1. The molecule has 2 heteroatoms. The largest absolute Gasteiger partial charge is 0.382 e. The third-order valence-electron chi connectivity index (χ3n) is 4.64. The van der Waals surface area contributed by atoms with Gasteiger partial charge in [-0.15, -0.1) is 0 Å². The lowest BCUT2D eigenvalue weighted by molar-refractivity contribution is 0.142. The summed E-state index contributed by atoms with van der Waals surface area (Å²) >= 11 is 0. The van der Waals surface area contributed by atoms with Crippen LogP contribution in [0.5, 0.6) is 0 Å². The molecule has 0 bridgehead atoms. The molecule has 0 aromatic carbocycles. The van der Waals surface area contributed by atoms with Crippen molar-refractivity contribution in [3.63, 3.8) is 0 Å². The number of hydrogen-bond donors (Lipinski definition) is 0. The Morgan fingerprint density at radius 2 is 0.913 bits per heavy atom. The Kier molecular flexibility index (Phi) is 17.1. The van der Waals surface area contributed by atoms with Crippen LogP contribution in [-0.2, 0) is 4.74 Å². The average molecular weight is 343 g/mol. The zero-order valence-electron chi connectivity index (χ0n) is 16.9. The van der Waals surface area contributed by atoms with Crippen molar-refractivity contribution >= 4 is 8.07 Å². The molecular weight excluding hydrogens is 296 g/mol. The Labute approximate surface area is 149 Å². The van der Waals surface area contributed by atoms with Gasteiger partial charge in [0.05, 0.1) is 0 Å². The van der Waals surface area contributed by atoms with E-state index in [0.29, 0.717) is 0 Å². The maximum absolute atomic E-state index is 5.75. The van der Waals surface area contributed by atoms with Gasteiger partial charge in [-0.05, 0) is 12.5 Å². The first kappa shape index (κ1) is 23.2. The fourth-order valence-electron chi connectivity index (χ4n) is 2.88. The van der Waals surface area contributed by atoms with Crippen molar-refractivity contribution in [2.24, 2.45) is 0 Å². The van der Waals surface area contributed by atoms with E-state index in [-0.39, 0.29) is 0 Å². The molecule has 0 unspecified atom stereocenters. The van der Waals surface area contributed by atoms with E-state index in [1.807, 2.05) is 0 Å². The van der Waals surface area contributed by atoms with Gasteiger partial charge in [0.2, 0.25) is 0 Å². The Morgan fingerprint density at radius 3 is 1.30 bits per heavy atom. The van der Waals surface area contributed by atoms with Crippen molar-refractivity contribution in [1.29, 1.82) is 0 Å². The van der Waals surface area contributed by atoms with Gasteiger partial charge in [0, 0.05) is 21.3 Å². The molecule has 0 radical (unpaired) electrons. The van der Waals surface area contributed by atoms with Gasteiger partial charge < -0.3 is 4.74 Å². The molecule has 0 saturated carbocycles. The number of unbranched alkanes of at least 4 members (excludes halogenated alkanes) is 13. The molecule has 0 N–H and O–H groups in total. The molecule has 0 aliphatic heterocycles. The van der Waals surface area contributed by atoms with Crippen LogP contribution in [0.25, 0.3) is 0 Å². The first-order chi connectivity index (χ1) is 11.1. The molecule has 1 nitrogen and oxygen atoms in total. The van der Waals surface area contributed by atoms with E-state index in [1.54, 1.807) is 0 Å². The molecule has 0 aliphatic carbocycles. The third kappa shape index (κ3) is 22.2. The molecule has 0 amide bonds. The van der Waals surface area contributed by atoms with Crippen LogP contribution >= 0.6 is 0 Å². The van der Waals surface area contributed by atoms with E-state index >= 15 is 0 Å². The van der Waals surface area contributed by atoms with Crippen LogP contribution in [0.15, 0.2) is 0 Å². The summed E-state index contributed by atoms with van der Waals surface area (Å²) in [6.07, 6.45) is 20.0. The highest BCUT2D eigenvalue weighted by Crippen LogP contribution is 2.13. The van der Waals surface area contributed by atoms with Gasteiger partial charge in [-0.1, -0.05) is 110 Å². The highest BCUT2D eigenvalue weighted by Gasteiger charge is 2.11. The van der Waals surface area contributed by atoms with Gasteiger partial charge in [0.15, 0.2) is 0 Å². The average Bonchev–Trinajstić information content (AvgIpc) is 2.49. The Balaban J connectivity index is 3.00. The predicted molar refractivity (Wildman–Crippen MR) is 109 cm³/mol. The van der Waals surface area contributed by atoms with Crippen LogP contribution in [0, 0.1) is 0 Å². The monoisotopic (exact) mass is 342 g/mol. The molecule has 140 valence electrons. The Morgan fingerprint density at radius 1 is 0.522 bits per heavy atom. The van der Waals surface area contributed by atoms with Gasteiger partial charge in [0.25, 0.3) is 0 Å². The summed E-state index contributed by atoms with van der Waals surface area (Å²) in [5.74, 6) is 0. The second kappa shape index (κ2) is 17.0. The molecule has 23 heavy (non-hydrogen) atoms. The van der Waals surface area contributed by atoms with E-state index in [9.17, 15) is 0 Å². The highest BCUT2D eigenvalue weighted by molar-refractivity contribution is 6.76. The maximum Gasteiger partial charge on any atom is 0.0466 e. The summed E-state index contributed by atoms with van der Waals surface area (Å²) in [4.78, 5) is 0. The summed E-state index contributed by atoms with van der Waals surface area (Å²) in [5, 5.41) is 0. The highest BCUT2D eigenvalue weighted by atomic mass is 28.3. The summed E-state index contributed by atoms with van der Waals surface area (Å²) in [6, 6.07) is 1.31. The van der Waals surface area contributed by atoms with Crippen molar-refractivity contribution in [3.05, 3.63) is 0 Å². The first-order valence-electron chi connectivity index (χ1n) is 10.6. The lowest BCUT2D eigenvalue weighted by atomic mass is 10.0. The van der Waals surface area contributed by atoms with Crippen molar-refractivity contribution in [2.75, 3.05) is 13.2 Å². The molecule has 0 heterocycles. The van der Waals surface area contributed by atoms with E-state index < -0.39 is 8.07 Å². The second-order valence-electron chi connectivity index (χ2n) is 8.52. The Hall–Kier alpha value is 0.177. The van der Waals surface area contributed by atoms with Gasteiger partial charge >= 0.3 is 0 Å². The smallest absolute Gasteiger partial charge is 0.0466 e. The van der Waals surface area contributed by atoms with Crippen molar-refractivity contribution in [3.8, 4) is 0 Å². The standard InChI is InChI=1S/C21H46OSi/c1-5-6-7-8-9-10-11-12-13-14-15-16-17-18-19-22-20-21-23(2,3)4/h5-21H2,1-4H3. The van der Waals surface area contributed by atoms with E-state index in [0.717, 1.165) is 13.2 Å². The van der Waals surface area contributed by atoms with Crippen LogP contribution < -0.4 is 0 Å². The van der Waals surface area contributed by atoms with Crippen molar-refractivity contribution in [1.82, 2.24) is 0 Å². The van der Waals surface area contributed by atoms with Crippen LogP contribution in [-0.4, -0.2) is 21.3 Å². The lowest BCUT2D eigenvalue weighted by Gasteiger charge is -2.15. The van der Waals surface area contributed by atoms with Crippen molar-refractivity contribution < 1.29 is 4.74 Å². The lowest BCUT2D eigenvalue weighted by Crippen LogP contribution is -2.21. The summed E-state index contributed by atoms with van der Waals surface area (Å²) in [5.41, 5.74) is 0. The van der Waals surface area contributed by atoms with Crippen LogP contribution in [0.3, 0.4) is 0 Å². The van der Waals surface area contributed by atoms with Gasteiger partial charge in [0.1, 0.15) is 0 Å². The molecule has 0 aromatic rings. The molecule has 0 aromatic heterocycles. The van der Waals surface area contributed by atoms with Gasteiger partial charge in [-0.25, -0.2) is 0 Å². The van der Waals surface area contributed by atoms with Gasteiger partial charge in [-0.2, -0.15) is 0 Å². The van der Waals surface area contributed by atoms with E-state index in [1.165, 1.54) is 95.9 Å². The molecule has 0 atom stereocenters. The fraction of sp³-hybridized carbons (Fsp3) is 1.00. The maximum atomic E-state index is 5.75. The van der Waals surface area contributed by atoms with E-state index in [2.05, 4.69) is 26.6 Å². The van der Waals surface area contributed by atoms with Crippen LogP contribution in [0.1, 0.15) is 96.8 Å². The van der Waals surface area contributed by atoms with Crippen molar-refractivity contribution in [2.45, 2.75) is 123 Å². The van der Waals surface area contributed by atoms with E-state index in [4.69, 9.17) is 4.74 Å². The number of rotatable bonds is 18. The predicted octanol–water partition coefficient (Wildman–Crippen LogP) is 7.82. The molecule has 0 saturated heterocycles. The summed E-state index contributed by atoms with van der Waals surface area (Å²) in [7, 11) is -0.891. The molecule has 0 fully saturated rings. The molecule has 0 spiro atoms. The normalized spacial score (nSPS) is 12.0. The van der Waals surface area contributed by atoms with Crippen LogP contribution in [0.4, 0.5) is 0 Å². The fourth-order valence-corrected chi connectivity index (χ4v) is 3.64. The third-order valence-corrected chi connectivity index (χ3v) is 6.34. The first-order valence-corrected chi connectivity index (χ1v) is 14.3. The zero-order chi connectivity index (χ0) is 17.2. The minimum atomic E-state index is -0.891. The SMILES string of the molecule is CCCCCCCCCCCCCCCCOCC[Si](C)(C)C. The Bertz CT molecular complexity index is 222. The number of hydrogen-bond acceptors (Lipinski definition) is 1. The quantitative estimate of drug-likeness (QED) is 0.182. The summed E-state index contributed by atoms with van der Waals surface area (Å²) < 4.78 is 5.75. The molecule has 0 rings (SSSR count). The molecule has 0 aliphatic rings. The summed E-state index contributed by atoms with van der Waals surface area (Å²) in [6.45, 7) is 11.5. The number of ether oxygens (including phenoxy) is 1. The molecular formula is C21H46OSi. The van der Waals surface area contributed by atoms with Crippen LogP contribution in [0.2, 0.25) is 25.7 Å². The zero-order valence-corrected chi connectivity index (χ0v) is 17.9.